The molecule has 0 aromatic carbocycles. The summed E-state index contributed by atoms with van der Waals surface area (Å²) >= 11 is 4.18. The highest BCUT2D eigenvalue weighted by molar-refractivity contribution is 7.80. The Hall–Kier alpha value is -1.81. The second kappa shape index (κ2) is 9.60. The third-order valence-electron chi connectivity index (χ3n) is 5.46. The number of carbonyl (C=O) groups excluding carboxylic acids is 3. The molecule has 2 fully saturated rings. The van der Waals surface area contributed by atoms with Crippen LogP contribution in [0, 0.1) is 5.92 Å². The van der Waals surface area contributed by atoms with Crippen LogP contribution >= 0.6 is 12.6 Å². The summed E-state index contributed by atoms with van der Waals surface area (Å²) in [6.45, 7) is 4.39. The molecule has 2 aliphatic rings. The molecule has 2 saturated heterocycles. The highest BCUT2D eigenvalue weighted by Crippen LogP contribution is 2.25. The molecule has 4 N–H and O–H groups in total. The number of likely N-dealkylation sites (tertiary alicyclic amines) is 2. The van der Waals surface area contributed by atoms with Gasteiger partial charge in [0.05, 0.1) is 6.04 Å². The standard InChI is InChI=1S/C18H30N4O5S/c1-10(2)14(19)15(23)20-11(9-28)16(24)21-7-3-5-12(21)17(25)22-8-4-6-13(22)18(26)27/h10-14,28H,3-9,19H2,1-2H3,(H,20,23)(H,26,27). The zero-order chi connectivity index (χ0) is 21.0. The smallest absolute Gasteiger partial charge is 0.326 e. The van der Waals surface area contributed by atoms with E-state index >= 15 is 0 Å². The molecule has 0 aromatic heterocycles. The highest BCUT2D eigenvalue weighted by Gasteiger charge is 2.43. The summed E-state index contributed by atoms with van der Waals surface area (Å²) in [5.74, 6) is -2.19. The van der Waals surface area contributed by atoms with Crippen LogP contribution < -0.4 is 11.1 Å². The molecule has 158 valence electrons. The molecule has 4 atom stereocenters. The number of hydrogen-bond acceptors (Lipinski definition) is 6. The third-order valence-corrected chi connectivity index (χ3v) is 5.83. The minimum absolute atomic E-state index is 0.0776. The van der Waals surface area contributed by atoms with Gasteiger partial charge < -0.3 is 26.0 Å². The van der Waals surface area contributed by atoms with E-state index in [0.717, 1.165) is 0 Å². The van der Waals surface area contributed by atoms with Gasteiger partial charge in [0.1, 0.15) is 18.1 Å². The molecule has 0 spiro atoms. The number of carboxylic acid groups (broad SMARTS) is 1. The van der Waals surface area contributed by atoms with E-state index in [4.69, 9.17) is 5.73 Å². The van der Waals surface area contributed by atoms with E-state index < -0.39 is 36.0 Å². The van der Waals surface area contributed by atoms with Crippen LogP contribution in [0.3, 0.4) is 0 Å². The summed E-state index contributed by atoms with van der Waals surface area (Å²) in [7, 11) is 0. The molecular weight excluding hydrogens is 384 g/mol. The van der Waals surface area contributed by atoms with Crippen LogP contribution in [-0.4, -0.2) is 81.6 Å². The molecule has 2 heterocycles. The van der Waals surface area contributed by atoms with Gasteiger partial charge in [0.25, 0.3) is 0 Å². The first-order valence-corrected chi connectivity index (χ1v) is 10.3. The Morgan fingerprint density at radius 1 is 1.11 bits per heavy atom. The number of hydrogen-bond donors (Lipinski definition) is 4. The van der Waals surface area contributed by atoms with Crippen molar-refractivity contribution in [2.45, 2.75) is 63.7 Å². The van der Waals surface area contributed by atoms with Crippen molar-refractivity contribution in [2.24, 2.45) is 11.7 Å². The van der Waals surface area contributed by atoms with Crippen LogP contribution in [0.5, 0.6) is 0 Å². The fourth-order valence-electron chi connectivity index (χ4n) is 3.72. The quantitative estimate of drug-likeness (QED) is 0.413. The fourth-order valence-corrected chi connectivity index (χ4v) is 3.97. The van der Waals surface area contributed by atoms with E-state index in [1.54, 1.807) is 0 Å². The maximum Gasteiger partial charge on any atom is 0.326 e. The first kappa shape index (κ1) is 22.5. The van der Waals surface area contributed by atoms with Crippen molar-refractivity contribution in [2.75, 3.05) is 18.8 Å². The summed E-state index contributed by atoms with van der Waals surface area (Å²) in [6, 6.07) is -3.17. The van der Waals surface area contributed by atoms with Gasteiger partial charge in [0.15, 0.2) is 0 Å². The number of thiol groups is 1. The normalized spacial score (nSPS) is 24.3. The molecule has 0 aliphatic carbocycles. The van der Waals surface area contributed by atoms with Gasteiger partial charge in [-0.3, -0.25) is 14.4 Å². The number of amides is 3. The monoisotopic (exact) mass is 414 g/mol. The second-order valence-corrected chi connectivity index (χ2v) is 8.10. The average Bonchev–Trinajstić information content (AvgIpc) is 3.33. The molecule has 4 unspecified atom stereocenters. The third kappa shape index (κ3) is 4.78. The lowest BCUT2D eigenvalue weighted by molar-refractivity contribution is -0.152. The summed E-state index contributed by atoms with van der Waals surface area (Å²) in [4.78, 5) is 52.4. The lowest BCUT2D eigenvalue weighted by Crippen LogP contribution is -2.57. The van der Waals surface area contributed by atoms with Gasteiger partial charge in [-0.1, -0.05) is 13.8 Å². The van der Waals surface area contributed by atoms with Gasteiger partial charge >= 0.3 is 5.97 Å². The fraction of sp³-hybridized carbons (Fsp3) is 0.778. The van der Waals surface area contributed by atoms with E-state index in [9.17, 15) is 24.3 Å². The molecule has 0 saturated carbocycles. The Balaban J connectivity index is 2.09. The maximum atomic E-state index is 13.0. The van der Waals surface area contributed by atoms with Crippen LogP contribution in [0.1, 0.15) is 39.5 Å². The lowest BCUT2D eigenvalue weighted by Gasteiger charge is -2.32. The zero-order valence-electron chi connectivity index (χ0n) is 16.3. The number of nitrogens with two attached hydrogens (primary N) is 1. The van der Waals surface area contributed by atoms with E-state index in [-0.39, 0.29) is 23.5 Å². The number of rotatable bonds is 7. The van der Waals surface area contributed by atoms with Crippen molar-refractivity contribution in [1.29, 1.82) is 0 Å². The van der Waals surface area contributed by atoms with Crippen molar-refractivity contribution < 1.29 is 24.3 Å². The zero-order valence-corrected chi connectivity index (χ0v) is 17.2. The maximum absolute atomic E-state index is 13.0. The van der Waals surface area contributed by atoms with Crippen LogP contribution in [0.2, 0.25) is 0 Å². The minimum Gasteiger partial charge on any atom is -0.480 e. The summed E-state index contributed by atoms with van der Waals surface area (Å²) in [5, 5.41) is 12.0. The van der Waals surface area contributed by atoms with Crippen LogP contribution in [0.4, 0.5) is 0 Å². The van der Waals surface area contributed by atoms with E-state index in [2.05, 4.69) is 17.9 Å². The van der Waals surface area contributed by atoms with Gasteiger partial charge in [-0.15, -0.1) is 0 Å². The van der Waals surface area contributed by atoms with Gasteiger partial charge in [-0.25, -0.2) is 4.79 Å². The van der Waals surface area contributed by atoms with Crippen LogP contribution in [-0.2, 0) is 19.2 Å². The van der Waals surface area contributed by atoms with Crippen molar-refractivity contribution in [3.8, 4) is 0 Å². The number of carbonyl (C=O) groups is 4. The number of nitrogens with zero attached hydrogens (tertiary/aromatic N) is 2. The summed E-state index contributed by atoms with van der Waals surface area (Å²) in [5.41, 5.74) is 5.84. The van der Waals surface area contributed by atoms with Crippen LogP contribution in [0.25, 0.3) is 0 Å². The van der Waals surface area contributed by atoms with Crippen molar-refractivity contribution in [3.05, 3.63) is 0 Å². The minimum atomic E-state index is -1.02. The van der Waals surface area contributed by atoms with Gasteiger partial charge in [0.2, 0.25) is 17.7 Å². The SMILES string of the molecule is CC(C)C(N)C(=O)NC(CS)C(=O)N1CCCC1C(=O)N1CCCC1C(=O)O. The first-order chi connectivity index (χ1) is 13.2. The molecule has 0 aromatic rings. The highest BCUT2D eigenvalue weighted by atomic mass is 32.1. The number of carboxylic acids is 1. The van der Waals surface area contributed by atoms with E-state index in [1.807, 2.05) is 13.8 Å². The topological polar surface area (TPSA) is 133 Å². The van der Waals surface area contributed by atoms with E-state index in [0.29, 0.717) is 38.8 Å². The molecular formula is C18H30N4O5S. The summed E-state index contributed by atoms with van der Waals surface area (Å²) < 4.78 is 0. The number of aliphatic carboxylic acids is 1. The molecule has 2 rings (SSSR count). The molecule has 3 amide bonds. The number of nitrogens with one attached hydrogen (secondary N) is 1. The Morgan fingerprint density at radius 3 is 2.21 bits per heavy atom. The van der Waals surface area contributed by atoms with Crippen molar-refractivity contribution in [1.82, 2.24) is 15.1 Å². The molecule has 0 bridgehead atoms. The molecule has 9 nitrogen and oxygen atoms in total. The van der Waals surface area contributed by atoms with Gasteiger partial charge in [-0.2, -0.15) is 12.6 Å². The first-order valence-electron chi connectivity index (χ1n) is 9.69. The molecule has 2 aliphatic heterocycles. The predicted molar refractivity (Wildman–Crippen MR) is 106 cm³/mol. The Kier molecular flexibility index (Phi) is 7.70. The lowest BCUT2D eigenvalue weighted by atomic mass is 10.0. The van der Waals surface area contributed by atoms with E-state index in [1.165, 1.54) is 9.80 Å². The van der Waals surface area contributed by atoms with Crippen molar-refractivity contribution >= 4 is 36.3 Å². The van der Waals surface area contributed by atoms with Gasteiger partial charge in [-0.05, 0) is 31.6 Å². The van der Waals surface area contributed by atoms with Crippen molar-refractivity contribution in [3.63, 3.8) is 0 Å². The Morgan fingerprint density at radius 2 is 1.68 bits per heavy atom. The molecule has 0 radical (unpaired) electrons. The predicted octanol–water partition coefficient (Wildman–Crippen LogP) is -0.549. The molecule has 10 heteroatoms. The molecule has 28 heavy (non-hydrogen) atoms. The average molecular weight is 415 g/mol. The second-order valence-electron chi connectivity index (χ2n) is 7.73. The largest absolute Gasteiger partial charge is 0.480 e. The van der Waals surface area contributed by atoms with Gasteiger partial charge in [0, 0.05) is 18.8 Å². The Labute approximate surface area is 170 Å². The summed E-state index contributed by atoms with van der Waals surface area (Å²) in [6.07, 6.45) is 2.18. The Bertz CT molecular complexity index is 629. The van der Waals surface area contributed by atoms with Crippen LogP contribution in [0.15, 0.2) is 0 Å².